The normalized spacial score (nSPS) is 21.6. The van der Waals surface area contributed by atoms with Gasteiger partial charge in [-0.1, -0.05) is 18.9 Å². The van der Waals surface area contributed by atoms with E-state index in [1.165, 1.54) is 42.6 Å². The number of thiocarbonyl (C=S) groups is 1. The highest BCUT2D eigenvalue weighted by atomic mass is 32.1. The largest absolute Gasteiger partial charge is 0.508 e. The molecule has 2 fully saturated rings. The molecule has 5 nitrogen and oxygen atoms in total. The highest BCUT2D eigenvalue weighted by Crippen LogP contribution is 2.44. The molecule has 0 radical (unpaired) electrons. The lowest BCUT2D eigenvalue weighted by molar-refractivity contribution is 0.475. The predicted molar refractivity (Wildman–Crippen MR) is 127 cm³/mol. The van der Waals surface area contributed by atoms with E-state index in [4.69, 9.17) is 12.2 Å². The lowest BCUT2D eigenvalue weighted by Crippen LogP contribution is -2.29. The maximum Gasteiger partial charge on any atom is 0.174 e. The molecule has 1 aliphatic carbocycles. The van der Waals surface area contributed by atoms with Crippen molar-refractivity contribution >= 4 is 23.0 Å². The average Bonchev–Trinajstić information content (AvgIpc) is 3.47. The first-order valence-electron chi connectivity index (χ1n) is 11.0. The van der Waals surface area contributed by atoms with Crippen LogP contribution in [0.3, 0.4) is 0 Å². The summed E-state index contributed by atoms with van der Waals surface area (Å²) < 4.78 is 2.54. The number of aromatic nitrogens is 2. The van der Waals surface area contributed by atoms with Crippen LogP contribution in [0.15, 0.2) is 54.7 Å². The second kappa shape index (κ2) is 8.00. The Hall–Kier alpha value is -2.86. The highest BCUT2D eigenvalue weighted by Gasteiger charge is 2.42. The monoisotopic (exact) mass is 432 g/mol. The third-order valence-electron chi connectivity index (χ3n) is 6.76. The van der Waals surface area contributed by atoms with Crippen LogP contribution in [-0.4, -0.2) is 19.8 Å². The van der Waals surface area contributed by atoms with Crippen molar-refractivity contribution in [3.63, 3.8) is 0 Å². The van der Waals surface area contributed by atoms with E-state index in [1.54, 1.807) is 12.1 Å². The second-order valence-electron chi connectivity index (χ2n) is 8.65. The van der Waals surface area contributed by atoms with Gasteiger partial charge in [-0.2, -0.15) is 0 Å². The summed E-state index contributed by atoms with van der Waals surface area (Å²) in [5.74, 6) is 0.249. The molecule has 0 bridgehead atoms. The van der Waals surface area contributed by atoms with E-state index < -0.39 is 0 Å². The molecule has 2 aliphatic rings. The number of phenols is 1. The molecule has 1 saturated carbocycles. The lowest BCUT2D eigenvalue weighted by Gasteiger charge is -2.28. The van der Waals surface area contributed by atoms with E-state index in [0.717, 1.165) is 11.4 Å². The molecule has 1 saturated heterocycles. The van der Waals surface area contributed by atoms with Gasteiger partial charge in [0.25, 0.3) is 0 Å². The SMILES string of the molecule is Cc1cc([C@H]2[C@@H](c3ccccn3)NC(=S)N2c2ccc(O)cc2)c(C)n1C1CCCC1. The van der Waals surface area contributed by atoms with Crippen molar-refractivity contribution < 1.29 is 5.11 Å². The summed E-state index contributed by atoms with van der Waals surface area (Å²) >= 11 is 5.82. The number of nitrogens with one attached hydrogen (secondary N) is 1. The van der Waals surface area contributed by atoms with Crippen LogP contribution >= 0.6 is 12.2 Å². The predicted octanol–water partition coefficient (Wildman–Crippen LogP) is 5.50. The van der Waals surface area contributed by atoms with Gasteiger partial charge < -0.3 is 19.9 Å². The molecule has 6 heteroatoms. The minimum atomic E-state index is -0.0555. The van der Waals surface area contributed by atoms with E-state index in [9.17, 15) is 5.11 Å². The van der Waals surface area contributed by atoms with Crippen molar-refractivity contribution in [1.29, 1.82) is 0 Å². The molecule has 1 aliphatic heterocycles. The topological polar surface area (TPSA) is 53.3 Å². The van der Waals surface area contributed by atoms with Gasteiger partial charge in [0.1, 0.15) is 5.75 Å². The second-order valence-corrected chi connectivity index (χ2v) is 9.03. The molecule has 0 spiro atoms. The van der Waals surface area contributed by atoms with Crippen LogP contribution in [0, 0.1) is 13.8 Å². The number of anilines is 1. The van der Waals surface area contributed by atoms with Gasteiger partial charge in [-0.05, 0) is 86.9 Å². The van der Waals surface area contributed by atoms with Gasteiger partial charge >= 0.3 is 0 Å². The Balaban J connectivity index is 1.64. The molecule has 1 aromatic carbocycles. The van der Waals surface area contributed by atoms with Gasteiger partial charge in [0.2, 0.25) is 0 Å². The number of nitrogens with zero attached hydrogens (tertiary/aromatic N) is 3. The van der Waals surface area contributed by atoms with E-state index in [2.05, 4.69) is 45.7 Å². The quantitative estimate of drug-likeness (QED) is 0.533. The molecule has 160 valence electrons. The zero-order chi connectivity index (χ0) is 21.5. The molecule has 2 aromatic heterocycles. The zero-order valence-electron chi connectivity index (χ0n) is 18.0. The molecule has 5 rings (SSSR count). The van der Waals surface area contributed by atoms with Crippen LogP contribution in [-0.2, 0) is 0 Å². The summed E-state index contributed by atoms with van der Waals surface area (Å²) in [6.45, 7) is 4.46. The number of pyridine rings is 1. The summed E-state index contributed by atoms with van der Waals surface area (Å²) in [6, 6.07) is 16.1. The number of rotatable bonds is 4. The molecule has 3 heterocycles. The van der Waals surface area contributed by atoms with Crippen molar-refractivity contribution in [2.75, 3.05) is 4.90 Å². The van der Waals surface area contributed by atoms with Crippen LogP contribution in [0.5, 0.6) is 5.75 Å². The van der Waals surface area contributed by atoms with Crippen LogP contribution in [0.2, 0.25) is 0 Å². The summed E-state index contributed by atoms with van der Waals surface area (Å²) in [6.07, 6.45) is 6.96. The number of phenolic OH excluding ortho intramolecular Hbond substituents is 1. The molecular weight excluding hydrogens is 404 g/mol. The Bertz CT molecular complexity index is 1090. The van der Waals surface area contributed by atoms with E-state index in [-0.39, 0.29) is 17.8 Å². The minimum Gasteiger partial charge on any atom is -0.508 e. The number of aromatic hydroxyl groups is 1. The van der Waals surface area contributed by atoms with E-state index in [1.807, 2.05) is 30.5 Å². The maximum atomic E-state index is 9.80. The molecular formula is C25H28N4OS. The van der Waals surface area contributed by atoms with Crippen molar-refractivity contribution in [2.24, 2.45) is 0 Å². The molecule has 0 amide bonds. The van der Waals surface area contributed by atoms with Crippen LogP contribution in [0.1, 0.15) is 66.5 Å². The fourth-order valence-electron chi connectivity index (χ4n) is 5.39. The van der Waals surface area contributed by atoms with E-state index >= 15 is 0 Å². The molecule has 3 aromatic rings. The Morgan fingerprint density at radius 1 is 1.06 bits per heavy atom. The summed E-state index contributed by atoms with van der Waals surface area (Å²) in [5, 5.41) is 14.0. The van der Waals surface area contributed by atoms with Crippen LogP contribution in [0.4, 0.5) is 5.69 Å². The van der Waals surface area contributed by atoms with Crippen molar-refractivity contribution in [3.05, 3.63) is 77.4 Å². The Labute approximate surface area is 188 Å². The summed E-state index contributed by atoms with van der Waals surface area (Å²) in [5.41, 5.74) is 5.83. The molecule has 0 unspecified atom stereocenters. The first-order valence-corrected chi connectivity index (χ1v) is 11.4. The fourth-order valence-corrected chi connectivity index (χ4v) is 5.73. The molecule has 31 heavy (non-hydrogen) atoms. The first-order chi connectivity index (χ1) is 15.0. The van der Waals surface area contributed by atoms with Gasteiger partial charge in [0, 0.05) is 29.3 Å². The minimum absolute atomic E-state index is 0.0201. The Kier molecular flexibility index (Phi) is 5.18. The molecule has 2 atom stereocenters. The average molecular weight is 433 g/mol. The number of hydrogen-bond donors (Lipinski definition) is 2. The number of aryl methyl sites for hydroxylation is 1. The van der Waals surface area contributed by atoms with Gasteiger partial charge in [-0.3, -0.25) is 4.98 Å². The van der Waals surface area contributed by atoms with Crippen molar-refractivity contribution in [3.8, 4) is 5.75 Å². The third-order valence-corrected chi connectivity index (χ3v) is 7.07. The first kappa shape index (κ1) is 20.1. The van der Waals surface area contributed by atoms with Crippen LogP contribution in [0.25, 0.3) is 0 Å². The lowest BCUT2D eigenvalue weighted by atomic mass is 9.96. The standard InChI is InChI=1S/C25H28N4OS/c1-16-15-21(17(2)28(16)18-7-3-4-8-18)24-23(22-9-5-6-14-26-22)27-25(31)29(24)19-10-12-20(30)13-11-19/h5-6,9-15,18,23-24,30H,3-4,7-8H2,1-2H3,(H,27,31)/t23-,24+/m1/s1. The Morgan fingerprint density at radius 2 is 1.81 bits per heavy atom. The summed E-state index contributed by atoms with van der Waals surface area (Å²) in [7, 11) is 0. The van der Waals surface area contributed by atoms with Gasteiger partial charge in [-0.25, -0.2) is 0 Å². The third kappa shape index (κ3) is 3.49. The summed E-state index contributed by atoms with van der Waals surface area (Å²) in [4.78, 5) is 6.83. The fraction of sp³-hybridized carbons (Fsp3) is 0.360. The number of hydrogen-bond acceptors (Lipinski definition) is 3. The smallest absolute Gasteiger partial charge is 0.174 e. The highest BCUT2D eigenvalue weighted by molar-refractivity contribution is 7.80. The molecule has 2 N–H and O–H groups in total. The number of benzene rings is 1. The van der Waals surface area contributed by atoms with Crippen molar-refractivity contribution in [1.82, 2.24) is 14.9 Å². The zero-order valence-corrected chi connectivity index (χ0v) is 18.8. The van der Waals surface area contributed by atoms with Gasteiger partial charge in [0.05, 0.1) is 17.8 Å². The Morgan fingerprint density at radius 3 is 2.48 bits per heavy atom. The van der Waals surface area contributed by atoms with Gasteiger partial charge in [0.15, 0.2) is 5.11 Å². The van der Waals surface area contributed by atoms with Crippen molar-refractivity contribution in [2.45, 2.75) is 57.7 Å². The maximum absolute atomic E-state index is 9.80. The van der Waals surface area contributed by atoms with Crippen LogP contribution < -0.4 is 10.2 Å². The van der Waals surface area contributed by atoms with Gasteiger partial charge in [-0.15, -0.1) is 0 Å². The van der Waals surface area contributed by atoms with E-state index in [0.29, 0.717) is 11.2 Å².